The number of piperidine rings is 1. The monoisotopic (exact) mass is 1050 g/mol. The second-order valence-corrected chi connectivity index (χ2v) is 21.6. The highest BCUT2D eigenvalue weighted by molar-refractivity contribution is 7.13. The van der Waals surface area contributed by atoms with Crippen molar-refractivity contribution in [2.24, 2.45) is 11.1 Å². The molecule has 2 aliphatic rings. The molecule has 6 heterocycles. The largest absolute Gasteiger partial charge is 0.481 e. The number of unbranched alkanes of at least 4 members (excludes halogenated alkanes) is 1. The van der Waals surface area contributed by atoms with Crippen LogP contribution in [-0.4, -0.2) is 127 Å². The predicted molar refractivity (Wildman–Crippen MR) is 281 cm³/mol. The van der Waals surface area contributed by atoms with Crippen LogP contribution >= 0.6 is 11.3 Å². The standard InChI is InChI=1S/C53H66F3N13O5S/c1-31(33-9-11-34(12-10-33)46-32(2)65-30-75-46)66-50(72)40-21-37(70)25-69(40)51(73)47(52(3,4)5)60-17-7-6-16-59-44(71)26-74-42-20-35(13-14-38(42)54)39-19-36(24-68-29-64-45-48(57)62-28-63-49(45)68)41(23-61-39)67-18-8-15-53(58,27-67)22-43(55)56/h9-14,19-20,23,28-31,37,40,43,47,60,70H,6-8,15-18,21-22,24-27,58H2,1-5H3,(H,59,71)(H,66,72)(H2,57,62,63)/t31-,37+,40-,47+,53?/m0/s1. The van der Waals surface area contributed by atoms with Gasteiger partial charge in [0, 0.05) is 50.1 Å². The third-order valence-electron chi connectivity index (χ3n) is 13.9. The van der Waals surface area contributed by atoms with E-state index in [2.05, 4.69) is 35.9 Å². The number of β-amino-alcohol motifs (C(OH)–C–C–N with tert-alkyl or cyclic N) is 1. The van der Waals surface area contributed by atoms with E-state index in [1.807, 2.05) is 75.4 Å². The molecule has 2 aromatic carbocycles. The Hall–Kier alpha value is -6.75. The second-order valence-electron chi connectivity index (χ2n) is 20.7. The maximum Gasteiger partial charge on any atom is 0.257 e. The predicted octanol–water partition coefficient (Wildman–Crippen LogP) is 6.16. The van der Waals surface area contributed by atoms with Gasteiger partial charge in [0.15, 0.2) is 29.6 Å². The van der Waals surface area contributed by atoms with E-state index in [1.165, 1.54) is 23.4 Å². The van der Waals surface area contributed by atoms with Crippen molar-refractivity contribution in [1.29, 1.82) is 0 Å². The van der Waals surface area contributed by atoms with Crippen LogP contribution in [0.25, 0.3) is 32.9 Å². The van der Waals surface area contributed by atoms with Gasteiger partial charge in [0.1, 0.15) is 17.9 Å². The minimum absolute atomic E-state index is 0.0390. The Morgan fingerprint density at radius 1 is 1.01 bits per heavy atom. The lowest BCUT2D eigenvalue weighted by Gasteiger charge is -2.42. The molecule has 3 amide bonds. The number of aryl methyl sites for hydroxylation is 1. The van der Waals surface area contributed by atoms with Crippen LogP contribution in [0.3, 0.4) is 0 Å². The number of aliphatic hydroxyl groups excluding tert-OH is 1. The van der Waals surface area contributed by atoms with Crippen molar-refractivity contribution in [1.82, 2.24) is 50.3 Å². The molecule has 4 aromatic heterocycles. The number of halogens is 3. The first-order chi connectivity index (χ1) is 35.8. The molecular weight excluding hydrogens is 988 g/mol. The molecule has 8 rings (SSSR count). The van der Waals surface area contributed by atoms with E-state index < -0.39 is 60.3 Å². The molecule has 5 atom stereocenters. The highest BCUT2D eigenvalue weighted by Crippen LogP contribution is 2.35. The van der Waals surface area contributed by atoms with Crippen LogP contribution in [0.1, 0.15) is 89.1 Å². The number of aromatic nitrogens is 6. The Balaban J connectivity index is 0.839. The first-order valence-electron chi connectivity index (χ1n) is 25.2. The summed E-state index contributed by atoms with van der Waals surface area (Å²) < 4.78 is 49.9. The van der Waals surface area contributed by atoms with Gasteiger partial charge in [-0.2, -0.15) is 0 Å². The Kier molecular flexibility index (Phi) is 17.0. The van der Waals surface area contributed by atoms with Crippen LogP contribution in [0.5, 0.6) is 5.75 Å². The van der Waals surface area contributed by atoms with Crippen LogP contribution in [0.15, 0.2) is 72.9 Å². The number of likely N-dealkylation sites (tertiary alicyclic amines) is 1. The number of amides is 3. The molecule has 0 spiro atoms. The number of carbonyl (C=O) groups is 3. The Morgan fingerprint density at radius 3 is 2.51 bits per heavy atom. The molecule has 0 saturated carbocycles. The average Bonchev–Trinajstić information content (AvgIpc) is 4.11. The van der Waals surface area contributed by atoms with Gasteiger partial charge in [0.25, 0.3) is 5.91 Å². The van der Waals surface area contributed by atoms with Crippen LogP contribution in [0.4, 0.5) is 24.7 Å². The van der Waals surface area contributed by atoms with Crippen molar-refractivity contribution in [3.8, 4) is 27.4 Å². The van der Waals surface area contributed by atoms with Gasteiger partial charge < -0.3 is 51.6 Å². The molecule has 75 heavy (non-hydrogen) atoms. The smallest absolute Gasteiger partial charge is 0.257 e. The zero-order valence-electron chi connectivity index (χ0n) is 42.9. The van der Waals surface area contributed by atoms with E-state index in [-0.39, 0.29) is 55.5 Å². The number of thiazole rings is 1. The molecule has 22 heteroatoms. The summed E-state index contributed by atoms with van der Waals surface area (Å²) in [7, 11) is 0. The van der Waals surface area contributed by atoms with Gasteiger partial charge in [-0.25, -0.2) is 33.1 Å². The third kappa shape index (κ3) is 13.2. The number of rotatable bonds is 20. The number of carbonyl (C=O) groups excluding carboxylic acids is 3. The van der Waals surface area contributed by atoms with E-state index >= 15 is 4.39 Å². The van der Waals surface area contributed by atoms with Gasteiger partial charge in [-0.3, -0.25) is 19.4 Å². The SMILES string of the molecule is Cc1ncsc1-c1ccc([C@H](C)NC(=O)[C@@H]2C[C@@H](O)CN2C(=O)[C@@H](NCCCCNC(=O)COc2cc(-c3cc(Cn4cnc5c(N)ncnc54)c(N4CCCC(N)(CC(F)F)C4)cn3)ccc2F)C(C)(C)C)cc1. The van der Waals surface area contributed by atoms with Crippen LogP contribution in [0, 0.1) is 18.2 Å². The molecule has 2 aliphatic heterocycles. The molecule has 0 aliphatic carbocycles. The maximum atomic E-state index is 15.2. The van der Waals surface area contributed by atoms with Gasteiger partial charge >= 0.3 is 0 Å². The van der Waals surface area contributed by atoms with E-state index in [9.17, 15) is 28.3 Å². The number of benzene rings is 2. The van der Waals surface area contributed by atoms with Crippen molar-refractivity contribution in [3.63, 3.8) is 0 Å². The first kappa shape index (κ1) is 54.5. The van der Waals surface area contributed by atoms with E-state index in [4.69, 9.17) is 21.2 Å². The van der Waals surface area contributed by atoms with Gasteiger partial charge in [-0.1, -0.05) is 45.0 Å². The van der Waals surface area contributed by atoms with E-state index in [0.29, 0.717) is 73.4 Å². The molecule has 6 aromatic rings. The number of aliphatic hydroxyl groups is 1. The average molecular weight is 1050 g/mol. The summed E-state index contributed by atoms with van der Waals surface area (Å²) in [6, 6.07) is 12.2. The van der Waals surface area contributed by atoms with Crippen molar-refractivity contribution < 1.29 is 37.4 Å². The number of alkyl halides is 2. The number of imidazole rings is 1. The molecule has 0 radical (unpaired) electrons. The fourth-order valence-electron chi connectivity index (χ4n) is 9.92. The Labute approximate surface area is 437 Å². The summed E-state index contributed by atoms with van der Waals surface area (Å²) in [6.07, 6.45) is 3.09. The molecule has 2 fully saturated rings. The van der Waals surface area contributed by atoms with Gasteiger partial charge in [-0.15, -0.1) is 11.3 Å². The van der Waals surface area contributed by atoms with Crippen molar-refractivity contribution in [3.05, 3.63) is 95.5 Å². The van der Waals surface area contributed by atoms with Crippen LogP contribution in [0.2, 0.25) is 0 Å². The van der Waals surface area contributed by atoms with Crippen molar-refractivity contribution in [2.45, 2.75) is 116 Å². The summed E-state index contributed by atoms with van der Waals surface area (Å²) in [6.45, 7) is 11.0. The first-order valence-corrected chi connectivity index (χ1v) is 26.1. The number of hydrogen-bond donors (Lipinski definition) is 6. The van der Waals surface area contributed by atoms with Gasteiger partial charge in [-0.05, 0) is 92.4 Å². The topological polar surface area (TPSA) is 245 Å². The van der Waals surface area contributed by atoms with E-state index in [0.717, 1.165) is 27.3 Å². The lowest BCUT2D eigenvalue weighted by atomic mass is 9.85. The number of nitrogens with two attached hydrogens (primary N) is 2. The van der Waals surface area contributed by atoms with Gasteiger partial charge in [0.05, 0.1) is 64.7 Å². The Morgan fingerprint density at radius 2 is 1.77 bits per heavy atom. The number of anilines is 2. The lowest BCUT2D eigenvalue weighted by Crippen LogP contribution is -2.56. The summed E-state index contributed by atoms with van der Waals surface area (Å²) in [4.78, 5) is 67.2. The summed E-state index contributed by atoms with van der Waals surface area (Å²) in [5, 5.41) is 19.9. The lowest BCUT2D eigenvalue weighted by molar-refractivity contribution is -0.142. The highest BCUT2D eigenvalue weighted by atomic mass is 32.1. The second kappa shape index (κ2) is 23.4. The van der Waals surface area contributed by atoms with E-state index in [1.54, 1.807) is 34.5 Å². The molecule has 8 N–H and O–H groups in total. The molecule has 0 bridgehead atoms. The number of fused-ring (bicyclic) bond motifs is 1. The fraction of sp³-hybridized carbons (Fsp3) is 0.472. The van der Waals surface area contributed by atoms with Crippen LogP contribution in [-0.2, 0) is 20.9 Å². The third-order valence-corrected chi connectivity index (χ3v) is 14.8. The number of nitrogens with zero attached hydrogens (tertiary/aromatic N) is 8. The molecular formula is C53H66F3N13O5S. The van der Waals surface area contributed by atoms with Crippen LogP contribution < -0.4 is 37.1 Å². The number of pyridine rings is 1. The zero-order valence-corrected chi connectivity index (χ0v) is 43.7. The summed E-state index contributed by atoms with van der Waals surface area (Å²) in [5.41, 5.74) is 19.0. The molecule has 2 saturated heterocycles. The Bertz CT molecular complexity index is 2970. The molecule has 18 nitrogen and oxygen atoms in total. The minimum Gasteiger partial charge on any atom is -0.481 e. The highest BCUT2D eigenvalue weighted by Gasteiger charge is 2.44. The van der Waals surface area contributed by atoms with Crippen molar-refractivity contribution in [2.75, 3.05) is 50.0 Å². The normalized spacial score (nSPS) is 18.9. The quantitative estimate of drug-likeness (QED) is 0.0469. The number of hydrogen-bond acceptors (Lipinski definition) is 15. The number of ether oxygens (including phenoxy) is 1. The number of nitrogens with one attached hydrogen (secondary N) is 3. The molecule has 1 unspecified atom stereocenters. The summed E-state index contributed by atoms with van der Waals surface area (Å²) in [5.74, 6) is -1.69. The van der Waals surface area contributed by atoms with Crippen molar-refractivity contribution >= 4 is 51.7 Å². The van der Waals surface area contributed by atoms with Gasteiger partial charge in [0.2, 0.25) is 18.2 Å². The fourth-order valence-corrected chi connectivity index (χ4v) is 10.7. The maximum absolute atomic E-state index is 15.2. The summed E-state index contributed by atoms with van der Waals surface area (Å²) >= 11 is 1.57. The molecule has 400 valence electrons. The number of nitrogen functional groups attached to an aromatic ring is 1. The zero-order chi connectivity index (χ0) is 53.6. The minimum atomic E-state index is -2.56.